The van der Waals surface area contributed by atoms with E-state index in [2.05, 4.69) is 70.0 Å². The molecule has 116 valence electrons. The Morgan fingerprint density at radius 2 is 2.05 bits per heavy atom. The van der Waals surface area contributed by atoms with Crippen LogP contribution in [-0.2, 0) is 6.54 Å². The van der Waals surface area contributed by atoms with Crippen molar-refractivity contribution in [3.8, 4) is 0 Å². The van der Waals surface area contributed by atoms with Crippen LogP contribution in [0.25, 0.3) is 0 Å². The van der Waals surface area contributed by atoms with Crippen molar-refractivity contribution in [3.05, 3.63) is 58.3 Å². The van der Waals surface area contributed by atoms with Crippen LogP contribution in [0.5, 0.6) is 0 Å². The molecule has 0 aliphatic carbocycles. The highest BCUT2D eigenvalue weighted by Gasteiger charge is 2.28. The summed E-state index contributed by atoms with van der Waals surface area (Å²) in [6, 6.07) is 15.2. The summed E-state index contributed by atoms with van der Waals surface area (Å²) in [5.74, 6) is 0. The molecule has 2 aromatic rings. The minimum atomic E-state index is 0.322. The number of thiophene rings is 1. The third-order valence-electron chi connectivity index (χ3n) is 4.02. The molecule has 1 saturated heterocycles. The highest BCUT2D eigenvalue weighted by atomic mass is 32.1. The third kappa shape index (κ3) is 3.66. The van der Waals surface area contributed by atoms with E-state index >= 15 is 0 Å². The summed E-state index contributed by atoms with van der Waals surface area (Å²) in [5, 5.41) is 6.38. The van der Waals surface area contributed by atoms with Crippen molar-refractivity contribution in [2.45, 2.75) is 12.6 Å². The van der Waals surface area contributed by atoms with E-state index in [-0.39, 0.29) is 0 Å². The van der Waals surface area contributed by atoms with Crippen LogP contribution in [0.2, 0.25) is 0 Å². The molecular formula is C17H21N3S2. The third-order valence-corrected chi connectivity index (χ3v) is 5.28. The highest BCUT2D eigenvalue weighted by Crippen LogP contribution is 2.25. The molecule has 3 nitrogen and oxygen atoms in total. The van der Waals surface area contributed by atoms with Gasteiger partial charge in [-0.3, -0.25) is 0 Å². The number of thiocarbonyl (C=S) groups is 1. The van der Waals surface area contributed by atoms with Gasteiger partial charge < -0.3 is 15.1 Å². The maximum absolute atomic E-state index is 5.66. The number of piperazine rings is 1. The highest BCUT2D eigenvalue weighted by molar-refractivity contribution is 7.80. The van der Waals surface area contributed by atoms with Gasteiger partial charge in [0.2, 0.25) is 0 Å². The predicted octanol–water partition coefficient (Wildman–Crippen LogP) is 3.11. The molecule has 5 heteroatoms. The maximum atomic E-state index is 5.66. The van der Waals surface area contributed by atoms with Crippen LogP contribution in [0.1, 0.15) is 16.5 Å². The molecule has 22 heavy (non-hydrogen) atoms. The standard InChI is InChI=1S/C17H21N3S2/c1-19-9-10-20(16(13-19)14-6-3-2-4-7-14)17(21)18-12-15-8-5-11-22-15/h2-8,11,16H,9-10,12-13H2,1H3,(H,18,21)/t16-/m0/s1. The zero-order valence-electron chi connectivity index (χ0n) is 12.7. The molecule has 0 bridgehead atoms. The second-order valence-electron chi connectivity index (χ2n) is 5.62. The van der Waals surface area contributed by atoms with Gasteiger partial charge in [0.1, 0.15) is 0 Å². The second-order valence-corrected chi connectivity index (χ2v) is 7.04. The average Bonchev–Trinajstić information content (AvgIpc) is 3.07. The van der Waals surface area contributed by atoms with Crippen molar-refractivity contribution in [1.29, 1.82) is 0 Å². The molecule has 3 rings (SSSR count). The summed E-state index contributed by atoms with van der Waals surface area (Å²) < 4.78 is 0. The van der Waals surface area contributed by atoms with Crippen molar-refractivity contribution in [2.24, 2.45) is 0 Å². The van der Waals surface area contributed by atoms with Crippen molar-refractivity contribution < 1.29 is 0 Å². The first-order valence-corrected chi connectivity index (χ1v) is 8.83. The van der Waals surface area contributed by atoms with Crippen molar-refractivity contribution in [1.82, 2.24) is 15.1 Å². The van der Waals surface area contributed by atoms with Crippen molar-refractivity contribution >= 4 is 28.7 Å². The number of hydrogen-bond donors (Lipinski definition) is 1. The van der Waals surface area contributed by atoms with E-state index in [1.54, 1.807) is 11.3 Å². The van der Waals surface area contributed by atoms with Gasteiger partial charge in [0.15, 0.2) is 5.11 Å². The zero-order chi connectivity index (χ0) is 15.4. The largest absolute Gasteiger partial charge is 0.358 e. The van der Waals surface area contributed by atoms with E-state index in [1.807, 2.05) is 0 Å². The van der Waals surface area contributed by atoms with Crippen LogP contribution >= 0.6 is 23.6 Å². The van der Waals surface area contributed by atoms with Gasteiger partial charge in [-0.1, -0.05) is 36.4 Å². The lowest BCUT2D eigenvalue weighted by Crippen LogP contribution is -2.52. The molecule has 1 aromatic carbocycles. The molecule has 1 atom stereocenters. The van der Waals surface area contributed by atoms with Gasteiger partial charge in [-0.15, -0.1) is 11.3 Å². The number of nitrogens with zero attached hydrogens (tertiary/aromatic N) is 2. The first kappa shape index (κ1) is 15.5. The monoisotopic (exact) mass is 331 g/mol. The molecule has 0 radical (unpaired) electrons. The number of rotatable bonds is 3. The van der Waals surface area contributed by atoms with Crippen LogP contribution in [0.3, 0.4) is 0 Å². The Morgan fingerprint density at radius 3 is 2.77 bits per heavy atom. The lowest BCUT2D eigenvalue weighted by atomic mass is 10.0. The van der Waals surface area contributed by atoms with E-state index in [4.69, 9.17) is 12.2 Å². The topological polar surface area (TPSA) is 18.5 Å². The fourth-order valence-corrected chi connectivity index (χ4v) is 3.74. The Labute approximate surface area is 141 Å². The van der Waals surface area contributed by atoms with Crippen LogP contribution in [0.4, 0.5) is 0 Å². The van der Waals surface area contributed by atoms with Crippen molar-refractivity contribution in [3.63, 3.8) is 0 Å². The average molecular weight is 332 g/mol. The Bertz CT molecular complexity index is 598. The summed E-state index contributed by atoms with van der Waals surface area (Å²) in [7, 11) is 2.18. The maximum Gasteiger partial charge on any atom is 0.169 e. The quantitative estimate of drug-likeness (QED) is 0.871. The van der Waals surface area contributed by atoms with Gasteiger partial charge in [0.05, 0.1) is 12.6 Å². The van der Waals surface area contributed by atoms with E-state index in [9.17, 15) is 0 Å². The second kappa shape index (κ2) is 7.22. The fraction of sp³-hybridized carbons (Fsp3) is 0.353. The van der Waals surface area contributed by atoms with Crippen LogP contribution in [-0.4, -0.2) is 41.6 Å². The number of benzene rings is 1. The van der Waals surface area contributed by atoms with Crippen LogP contribution in [0.15, 0.2) is 47.8 Å². The molecule has 0 saturated carbocycles. The molecule has 2 heterocycles. The molecule has 1 N–H and O–H groups in total. The zero-order valence-corrected chi connectivity index (χ0v) is 14.4. The molecular weight excluding hydrogens is 310 g/mol. The first-order chi connectivity index (χ1) is 10.7. The van der Waals surface area contributed by atoms with Gasteiger partial charge in [-0.25, -0.2) is 0 Å². The Morgan fingerprint density at radius 1 is 1.23 bits per heavy atom. The van der Waals surface area contributed by atoms with Gasteiger partial charge in [0, 0.05) is 24.5 Å². The van der Waals surface area contributed by atoms with Crippen molar-refractivity contribution in [2.75, 3.05) is 26.7 Å². The Kier molecular flexibility index (Phi) is 5.08. The molecule has 1 fully saturated rings. The van der Waals surface area contributed by atoms with Gasteiger partial charge >= 0.3 is 0 Å². The van der Waals surface area contributed by atoms with Gasteiger partial charge in [0.25, 0.3) is 0 Å². The van der Waals surface area contributed by atoms with Gasteiger partial charge in [-0.05, 0) is 36.3 Å². The summed E-state index contributed by atoms with van der Waals surface area (Å²) in [6.45, 7) is 3.83. The van der Waals surface area contributed by atoms with E-state index in [1.165, 1.54) is 10.4 Å². The lowest BCUT2D eigenvalue weighted by molar-refractivity contribution is 0.150. The first-order valence-electron chi connectivity index (χ1n) is 7.54. The Balaban J connectivity index is 1.70. The fourth-order valence-electron chi connectivity index (χ4n) is 2.80. The number of hydrogen-bond acceptors (Lipinski definition) is 3. The number of likely N-dealkylation sites (N-methyl/N-ethyl adjacent to an activating group) is 1. The minimum absolute atomic E-state index is 0.322. The normalized spacial score (nSPS) is 19.1. The molecule has 0 unspecified atom stereocenters. The lowest BCUT2D eigenvalue weighted by Gasteiger charge is -2.41. The molecule has 1 aromatic heterocycles. The SMILES string of the molecule is CN1CCN(C(=S)NCc2cccs2)[C@H](c2ccccc2)C1. The van der Waals surface area contributed by atoms with Gasteiger partial charge in [-0.2, -0.15) is 0 Å². The summed E-state index contributed by atoms with van der Waals surface area (Å²) in [6.07, 6.45) is 0. The summed E-state index contributed by atoms with van der Waals surface area (Å²) in [4.78, 5) is 6.02. The molecule has 1 aliphatic rings. The van der Waals surface area contributed by atoms with Crippen LogP contribution < -0.4 is 5.32 Å². The molecule has 1 aliphatic heterocycles. The van der Waals surface area contributed by atoms with E-state index in [0.717, 1.165) is 31.3 Å². The predicted molar refractivity (Wildman–Crippen MR) is 97.1 cm³/mol. The smallest absolute Gasteiger partial charge is 0.169 e. The molecule has 0 spiro atoms. The summed E-state index contributed by atoms with van der Waals surface area (Å²) in [5.41, 5.74) is 1.33. The van der Waals surface area contributed by atoms with E-state index < -0.39 is 0 Å². The van der Waals surface area contributed by atoms with Crippen LogP contribution in [0, 0.1) is 0 Å². The van der Waals surface area contributed by atoms with E-state index in [0.29, 0.717) is 6.04 Å². The number of nitrogens with one attached hydrogen (secondary N) is 1. The molecule has 0 amide bonds. The Hall–Kier alpha value is -1.43. The summed E-state index contributed by atoms with van der Waals surface area (Å²) >= 11 is 7.42. The minimum Gasteiger partial charge on any atom is -0.358 e.